The van der Waals surface area contributed by atoms with Crippen molar-refractivity contribution in [3.8, 4) is 34.5 Å². The van der Waals surface area contributed by atoms with Gasteiger partial charge in [-0.15, -0.1) is 0 Å². The number of ether oxygens (including phenoxy) is 10. The standard InChI is InChI=1S/C24H27NO7.C17H21NO3.C16H19NO3.C4H5ClO2/c1-4-12-29-22(26)25-11-10-24-9-8-17(31-23(27)30-13-5-2)14-19(24)32-21-18(28-3)7-6-16(15-25)20(21)24;1-18-8-7-17-6-5-12(19)9-14(17)21-16-13(20-2)4-3-11(10-18)15(16)17;1-19-12-3-2-10-9-17-7-6-16-5-4-11(18)8-13(16)20-15(12)14(10)16;1-2-3-7-4(5)6/h4-9,17,19H,1-2,10-15H2,3H3;3-6,12,14,19H,7-10H2,1-2H3;2-5,11,13,17-18H,6-9H2,1H3;2H,1,3H2/t17?,19?,24-;12?,14?,17-;11?,13?,16-;/m000./s1. The second kappa shape index (κ2) is 24.8. The lowest BCUT2D eigenvalue weighted by Gasteiger charge is -2.36. The van der Waals surface area contributed by atoms with Crippen LogP contribution in [-0.4, -0.2) is 142 Å². The van der Waals surface area contributed by atoms with Crippen LogP contribution in [0.1, 0.15) is 71.9 Å². The van der Waals surface area contributed by atoms with E-state index in [0.717, 1.165) is 73.1 Å². The van der Waals surface area contributed by atoms with E-state index < -0.39 is 35.3 Å². The molecule has 0 aromatic heterocycles. The van der Waals surface area contributed by atoms with Crippen LogP contribution < -0.4 is 33.7 Å². The van der Waals surface area contributed by atoms with E-state index in [1.807, 2.05) is 48.6 Å². The number of rotatable bonds is 10. The first-order chi connectivity index (χ1) is 38.7. The first-order valence-corrected chi connectivity index (χ1v) is 27.4. The summed E-state index contributed by atoms with van der Waals surface area (Å²) in [6, 6.07) is 12.1. The number of aliphatic hydroxyl groups is 2. The van der Waals surface area contributed by atoms with Crippen molar-refractivity contribution in [2.24, 2.45) is 0 Å². The Kier molecular flexibility index (Phi) is 17.9. The number of halogens is 1. The van der Waals surface area contributed by atoms with Crippen molar-refractivity contribution in [3.63, 3.8) is 0 Å². The topological polar surface area (TPSA) is 202 Å². The minimum atomic E-state index is -0.792. The Balaban J connectivity index is 0.000000141. The SMILES string of the molecule is C=CCOC(=O)Cl.C=CCOC(=O)OC1C=C[C@@]23CCN(C(=O)OCC=C)Cc4ccc(OC)c(c42)OC3C1.COc1ccc2c3c1OC1CC(O)C=C[C@@]31CCN(C)C2.COc1ccc2c3c1OC1CC(O)C=C[C@@]31CCNC2. The molecule has 6 aliphatic heterocycles. The van der Waals surface area contributed by atoms with Gasteiger partial charge in [-0.1, -0.05) is 86.5 Å². The van der Waals surface area contributed by atoms with E-state index in [-0.39, 0.29) is 55.1 Å². The van der Waals surface area contributed by atoms with E-state index in [0.29, 0.717) is 50.3 Å². The predicted molar refractivity (Wildman–Crippen MR) is 298 cm³/mol. The summed E-state index contributed by atoms with van der Waals surface area (Å²) in [5, 5.41) is 23.4. The molecule has 0 saturated heterocycles. The number of aliphatic hydroxyl groups excluding tert-OH is 2. The molecule has 0 radical (unpaired) electrons. The van der Waals surface area contributed by atoms with Gasteiger partial charge in [-0.05, 0) is 80.4 Å². The van der Waals surface area contributed by atoms with Crippen molar-refractivity contribution in [1.29, 1.82) is 0 Å². The summed E-state index contributed by atoms with van der Waals surface area (Å²) in [7, 11) is 7.12. The van der Waals surface area contributed by atoms with Gasteiger partial charge in [0.15, 0.2) is 34.5 Å². The third-order valence-corrected chi connectivity index (χ3v) is 16.5. The molecule has 0 saturated carbocycles. The van der Waals surface area contributed by atoms with Gasteiger partial charge in [-0.3, -0.25) is 0 Å². The van der Waals surface area contributed by atoms with Crippen molar-refractivity contribution in [3.05, 3.63) is 144 Å². The molecular weight excluding hydrogens is 1050 g/mol. The van der Waals surface area contributed by atoms with E-state index in [4.69, 9.17) is 54.2 Å². The number of hydrogen-bond donors (Lipinski definition) is 3. The first kappa shape index (κ1) is 57.7. The summed E-state index contributed by atoms with van der Waals surface area (Å²) >= 11 is 4.75. The van der Waals surface area contributed by atoms with Gasteiger partial charge in [-0.2, -0.15) is 0 Å². The molecule has 19 heteroatoms. The molecule has 9 aliphatic rings. The number of amides is 1. The molecule has 6 heterocycles. The van der Waals surface area contributed by atoms with E-state index >= 15 is 0 Å². The summed E-state index contributed by atoms with van der Waals surface area (Å²) in [5.74, 6) is 4.66. The Labute approximate surface area is 472 Å². The molecule has 0 bridgehead atoms. The maximum atomic E-state index is 12.6. The zero-order valence-electron chi connectivity index (χ0n) is 45.8. The zero-order valence-corrected chi connectivity index (χ0v) is 46.6. The van der Waals surface area contributed by atoms with Crippen LogP contribution in [0.15, 0.2) is 111 Å². The molecule has 9 atom stereocenters. The van der Waals surface area contributed by atoms with Gasteiger partial charge in [0.05, 0.1) is 49.8 Å². The Morgan fingerprint density at radius 1 is 0.650 bits per heavy atom. The highest BCUT2D eigenvalue weighted by Gasteiger charge is 2.56. The van der Waals surface area contributed by atoms with Crippen LogP contribution in [0.25, 0.3) is 0 Å². The number of methoxy groups -OCH3 is 3. The highest BCUT2D eigenvalue weighted by Crippen LogP contribution is 2.58. The minimum absolute atomic E-state index is 0.00690. The third-order valence-electron chi connectivity index (χ3n) is 16.4. The highest BCUT2D eigenvalue weighted by molar-refractivity contribution is 6.61. The van der Waals surface area contributed by atoms with Gasteiger partial charge in [0.25, 0.3) is 0 Å². The zero-order chi connectivity index (χ0) is 56.8. The summed E-state index contributed by atoms with van der Waals surface area (Å²) in [4.78, 5) is 38.2. The third kappa shape index (κ3) is 11.2. The van der Waals surface area contributed by atoms with Crippen LogP contribution in [0.2, 0.25) is 0 Å². The molecule has 3 spiro atoms. The maximum Gasteiger partial charge on any atom is 0.509 e. The van der Waals surface area contributed by atoms with Crippen LogP contribution in [0.5, 0.6) is 34.5 Å². The molecule has 80 heavy (non-hydrogen) atoms. The molecule has 3 aliphatic carbocycles. The second-order valence-corrected chi connectivity index (χ2v) is 21.4. The fourth-order valence-corrected chi connectivity index (χ4v) is 12.8. The number of carbonyl (C=O) groups is 3. The molecule has 18 nitrogen and oxygen atoms in total. The van der Waals surface area contributed by atoms with E-state index in [2.05, 4.69) is 66.0 Å². The molecule has 3 aromatic rings. The van der Waals surface area contributed by atoms with Gasteiger partial charge >= 0.3 is 17.7 Å². The van der Waals surface area contributed by atoms with E-state index in [1.165, 1.54) is 34.4 Å². The summed E-state index contributed by atoms with van der Waals surface area (Å²) in [6.07, 6.45) is 18.3. The lowest BCUT2D eigenvalue weighted by atomic mass is 9.69. The number of carbonyl (C=O) groups excluding carboxylic acids is 3. The Bertz CT molecular complexity index is 2930. The van der Waals surface area contributed by atoms with E-state index in [9.17, 15) is 24.6 Å². The number of nitrogens with zero attached hydrogens (tertiary/aromatic N) is 2. The van der Waals surface area contributed by atoms with Gasteiger partial charge in [-0.25, -0.2) is 14.4 Å². The highest BCUT2D eigenvalue weighted by atomic mass is 35.5. The number of hydrogen-bond acceptors (Lipinski definition) is 17. The maximum absolute atomic E-state index is 12.6. The number of benzene rings is 3. The smallest absolute Gasteiger partial charge is 0.493 e. The van der Waals surface area contributed by atoms with Crippen molar-refractivity contribution >= 4 is 29.3 Å². The van der Waals surface area contributed by atoms with E-state index in [1.54, 1.807) is 32.3 Å². The quantitative estimate of drug-likeness (QED) is 0.0752. The van der Waals surface area contributed by atoms with Crippen LogP contribution in [0.3, 0.4) is 0 Å². The largest absolute Gasteiger partial charge is 0.509 e. The fourth-order valence-electron chi connectivity index (χ4n) is 12.7. The van der Waals surface area contributed by atoms with Crippen LogP contribution in [0.4, 0.5) is 14.4 Å². The second-order valence-electron chi connectivity index (χ2n) is 21.0. The fraction of sp³-hybridized carbons (Fsp3) is 0.459. The van der Waals surface area contributed by atoms with Crippen LogP contribution in [-0.2, 0) is 54.8 Å². The predicted octanol–water partition coefficient (Wildman–Crippen LogP) is 8.80. The van der Waals surface area contributed by atoms with Gasteiger partial charge in [0.2, 0.25) is 0 Å². The molecule has 1 amide bonds. The lowest BCUT2D eigenvalue weighted by Crippen LogP contribution is -2.44. The molecule has 3 aromatic carbocycles. The minimum Gasteiger partial charge on any atom is -0.493 e. The first-order valence-electron chi connectivity index (χ1n) is 27.0. The summed E-state index contributed by atoms with van der Waals surface area (Å²) in [5.41, 5.74) is 5.66. The van der Waals surface area contributed by atoms with Crippen LogP contribution in [0, 0.1) is 0 Å². The Hall–Kier alpha value is -6.96. The molecule has 12 rings (SSSR count). The van der Waals surface area contributed by atoms with Crippen molar-refractivity contribution in [2.75, 3.05) is 67.8 Å². The van der Waals surface area contributed by atoms with Gasteiger partial charge in [0.1, 0.15) is 44.2 Å². The monoisotopic (exact) mass is 1120 g/mol. The average Bonchev–Trinajstić information content (AvgIpc) is 4.04. The molecule has 428 valence electrons. The van der Waals surface area contributed by atoms with Gasteiger partial charge in [0, 0.05) is 73.7 Å². The average molecular weight is 1120 g/mol. The molecule has 0 fully saturated rings. The van der Waals surface area contributed by atoms with Crippen molar-refractivity contribution < 1.29 is 72.0 Å². The van der Waals surface area contributed by atoms with Crippen LogP contribution >= 0.6 is 11.6 Å². The van der Waals surface area contributed by atoms with Gasteiger partial charge < -0.3 is 72.7 Å². The van der Waals surface area contributed by atoms with Crippen molar-refractivity contribution in [1.82, 2.24) is 15.1 Å². The molecule has 6 unspecified atom stereocenters. The Morgan fingerprint density at radius 2 is 1.12 bits per heavy atom. The molecular formula is C61H72ClN3O15. The summed E-state index contributed by atoms with van der Waals surface area (Å²) < 4.78 is 55.2. The molecule has 3 N–H and O–H groups in total. The normalized spacial score (nSPS) is 28.0. The summed E-state index contributed by atoms with van der Waals surface area (Å²) in [6.45, 7) is 15.5. The lowest BCUT2D eigenvalue weighted by molar-refractivity contribution is 0.0178. The Morgan fingerprint density at radius 3 is 1.66 bits per heavy atom. The number of nitrogens with one attached hydrogen (secondary N) is 1. The van der Waals surface area contributed by atoms with Crippen molar-refractivity contribution in [2.45, 2.75) is 111 Å².